The highest BCUT2D eigenvalue weighted by Gasteiger charge is 2.26. The molecule has 2 aromatic carbocycles. The Kier molecular flexibility index (Phi) is 10.5. The number of rotatable bonds is 11. The molecule has 0 radical (unpaired) electrons. The van der Waals surface area contributed by atoms with Crippen LogP contribution in [-0.2, 0) is 21.9 Å². The normalized spacial score (nSPS) is 12.6. The molecule has 0 spiro atoms. The summed E-state index contributed by atoms with van der Waals surface area (Å²) in [6, 6.07) is 10.7. The number of hydrogen-bond acceptors (Lipinski definition) is 5. The van der Waals surface area contributed by atoms with Crippen molar-refractivity contribution in [2.24, 2.45) is 0 Å². The van der Waals surface area contributed by atoms with Crippen molar-refractivity contribution in [3.63, 3.8) is 0 Å². The first kappa shape index (κ1) is 27.0. The minimum Gasteiger partial charge on any atom is -0.352 e. The number of thioether (sulfide) groups is 1. The van der Waals surface area contributed by atoms with Crippen LogP contribution >= 0.6 is 35.0 Å². The summed E-state index contributed by atoms with van der Waals surface area (Å²) in [6.45, 7) is 5.80. The van der Waals surface area contributed by atoms with E-state index in [4.69, 9.17) is 23.2 Å². The SMILES string of the molecule is CC[C@H](C)NC(=O)[C@H](C)N(Cc1ccc(Cl)c(Cl)c1)C(=O)CSCc1ccc([N+](=O)[O-])cc1. The van der Waals surface area contributed by atoms with E-state index in [1.54, 1.807) is 37.3 Å². The summed E-state index contributed by atoms with van der Waals surface area (Å²) in [6.07, 6.45) is 0.782. The van der Waals surface area contributed by atoms with Gasteiger partial charge in [0.25, 0.3) is 5.69 Å². The molecule has 2 atom stereocenters. The molecule has 0 aliphatic heterocycles. The van der Waals surface area contributed by atoms with Crippen molar-refractivity contribution in [3.8, 4) is 0 Å². The predicted octanol–water partition coefficient (Wildman–Crippen LogP) is 5.47. The van der Waals surface area contributed by atoms with Gasteiger partial charge in [0.2, 0.25) is 11.8 Å². The maximum absolute atomic E-state index is 13.1. The molecule has 178 valence electrons. The van der Waals surface area contributed by atoms with E-state index in [2.05, 4.69) is 5.32 Å². The molecular formula is C23H27Cl2N3O4S. The lowest BCUT2D eigenvalue weighted by atomic mass is 10.1. The number of non-ortho nitro benzene ring substituents is 1. The first-order valence-electron chi connectivity index (χ1n) is 10.5. The maximum Gasteiger partial charge on any atom is 0.269 e. The first-order chi connectivity index (χ1) is 15.6. The molecule has 2 rings (SSSR count). The van der Waals surface area contributed by atoms with Crippen molar-refractivity contribution < 1.29 is 14.5 Å². The van der Waals surface area contributed by atoms with E-state index < -0.39 is 11.0 Å². The molecule has 0 fully saturated rings. The second kappa shape index (κ2) is 12.8. The topological polar surface area (TPSA) is 92.6 Å². The Morgan fingerprint density at radius 2 is 1.73 bits per heavy atom. The molecule has 0 aromatic heterocycles. The van der Waals surface area contributed by atoms with Crippen LogP contribution in [0.2, 0.25) is 10.0 Å². The van der Waals surface area contributed by atoms with Gasteiger partial charge in [0.1, 0.15) is 6.04 Å². The molecule has 2 amide bonds. The number of halogens is 2. The number of amides is 2. The summed E-state index contributed by atoms with van der Waals surface area (Å²) in [5.74, 6) is 0.245. The van der Waals surface area contributed by atoms with Crippen molar-refractivity contribution in [2.45, 2.75) is 51.6 Å². The van der Waals surface area contributed by atoms with Crippen molar-refractivity contribution >= 4 is 52.5 Å². The molecule has 0 aliphatic rings. The van der Waals surface area contributed by atoms with Crippen molar-refractivity contribution in [1.29, 1.82) is 0 Å². The number of benzene rings is 2. The lowest BCUT2D eigenvalue weighted by Gasteiger charge is -2.29. The Hall–Kier alpha value is -2.29. The van der Waals surface area contributed by atoms with Crippen LogP contribution in [0.25, 0.3) is 0 Å². The highest BCUT2D eigenvalue weighted by molar-refractivity contribution is 7.99. The smallest absolute Gasteiger partial charge is 0.269 e. The molecule has 2 aromatic rings. The lowest BCUT2D eigenvalue weighted by Crippen LogP contribution is -2.50. The molecule has 0 saturated carbocycles. The van der Waals surface area contributed by atoms with Gasteiger partial charge in [-0.3, -0.25) is 19.7 Å². The second-order valence-corrected chi connectivity index (χ2v) is 9.48. The fourth-order valence-electron chi connectivity index (χ4n) is 2.94. The average molecular weight is 512 g/mol. The van der Waals surface area contributed by atoms with Crippen molar-refractivity contribution in [2.75, 3.05) is 5.75 Å². The van der Waals surface area contributed by atoms with E-state index in [0.29, 0.717) is 15.8 Å². The van der Waals surface area contributed by atoms with Crippen LogP contribution < -0.4 is 5.32 Å². The molecular weight excluding hydrogens is 485 g/mol. The Bertz CT molecular complexity index is 988. The number of carbonyl (C=O) groups excluding carboxylic acids is 2. The zero-order valence-electron chi connectivity index (χ0n) is 18.7. The minimum atomic E-state index is -0.680. The van der Waals surface area contributed by atoms with E-state index in [-0.39, 0.29) is 35.8 Å². The summed E-state index contributed by atoms with van der Waals surface area (Å²) in [5.41, 5.74) is 1.66. The molecule has 0 heterocycles. The predicted molar refractivity (Wildman–Crippen MR) is 134 cm³/mol. The second-order valence-electron chi connectivity index (χ2n) is 7.68. The third-order valence-electron chi connectivity index (χ3n) is 5.15. The zero-order valence-corrected chi connectivity index (χ0v) is 21.0. The third-order valence-corrected chi connectivity index (χ3v) is 6.87. The summed E-state index contributed by atoms with van der Waals surface area (Å²) >= 11 is 13.5. The van der Waals surface area contributed by atoms with Crippen LogP contribution in [0.3, 0.4) is 0 Å². The average Bonchev–Trinajstić information content (AvgIpc) is 2.79. The van der Waals surface area contributed by atoms with Gasteiger partial charge in [0.15, 0.2) is 0 Å². The Morgan fingerprint density at radius 3 is 2.30 bits per heavy atom. The Morgan fingerprint density at radius 1 is 1.09 bits per heavy atom. The fraction of sp³-hybridized carbons (Fsp3) is 0.391. The Balaban J connectivity index is 2.09. The van der Waals surface area contributed by atoms with E-state index in [0.717, 1.165) is 17.5 Å². The Labute approximate surface area is 208 Å². The van der Waals surface area contributed by atoms with Crippen LogP contribution in [0.1, 0.15) is 38.3 Å². The minimum absolute atomic E-state index is 0.00149. The third kappa shape index (κ3) is 8.21. The van der Waals surface area contributed by atoms with Gasteiger partial charge in [-0.1, -0.05) is 48.3 Å². The monoisotopic (exact) mass is 511 g/mol. The number of carbonyl (C=O) groups is 2. The largest absolute Gasteiger partial charge is 0.352 e. The number of nitro groups is 1. The lowest BCUT2D eigenvalue weighted by molar-refractivity contribution is -0.384. The van der Waals surface area contributed by atoms with Gasteiger partial charge >= 0.3 is 0 Å². The quantitative estimate of drug-likeness (QED) is 0.319. The van der Waals surface area contributed by atoms with E-state index in [1.807, 2.05) is 13.8 Å². The van der Waals surface area contributed by atoms with Gasteiger partial charge < -0.3 is 10.2 Å². The summed E-state index contributed by atoms with van der Waals surface area (Å²) in [7, 11) is 0. The van der Waals surface area contributed by atoms with E-state index >= 15 is 0 Å². The van der Waals surface area contributed by atoms with Crippen LogP contribution in [-0.4, -0.2) is 39.5 Å². The van der Waals surface area contributed by atoms with Crippen molar-refractivity contribution in [1.82, 2.24) is 10.2 Å². The van der Waals surface area contributed by atoms with E-state index in [1.165, 1.54) is 28.8 Å². The molecule has 10 heteroatoms. The van der Waals surface area contributed by atoms with Crippen molar-refractivity contribution in [3.05, 3.63) is 73.8 Å². The maximum atomic E-state index is 13.1. The molecule has 0 aliphatic carbocycles. The number of nitrogens with zero attached hydrogens (tertiary/aromatic N) is 2. The molecule has 0 bridgehead atoms. The fourth-order valence-corrected chi connectivity index (χ4v) is 4.13. The molecule has 33 heavy (non-hydrogen) atoms. The van der Waals surface area contributed by atoms with Crippen LogP contribution in [0.4, 0.5) is 5.69 Å². The van der Waals surface area contributed by atoms with Gasteiger partial charge in [0, 0.05) is 30.5 Å². The van der Waals surface area contributed by atoms with Crippen LogP contribution in [0, 0.1) is 10.1 Å². The van der Waals surface area contributed by atoms with Gasteiger partial charge in [-0.05, 0) is 43.5 Å². The number of hydrogen-bond donors (Lipinski definition) is 1. The molecule has 0 unspecified atom stereocenters. The van der Waals surface area contributed by atoms with E-state index in [9.17, 15) is 19.7 Å². The van der Waals surface area contributed by atoms with Gasteiger partial charge in [-0.25, -0.2) is 0 Å². The van der Waals surface area contributed by atoms with Gasteiger partial charge in [-0.15, -0.1) is 11.8 Å². The molecule has 7 nitrogen and oxygen atoms in total. The van der Waals surface area contributed by atoms with Gasteiger partial charge in [0.05, 0.1) is 20.7 Å². The standard InChI is InChI=1S/C23H27Cl2N3O4S/c1-4-15(2)26-23(30)16(3)27(12-18-7-10-20(24)21(25)11-18)22(29)14-33-13-17-5-8-19(9-6-17)28(31)32/h5-11,15-16H,4,12-14H2,1-3H3,(H,26,30)/t15-,16-/m0/s1. The highest BCUT2D eigenvalue weighted by Crippen LogP contribution is 2.24. The number of nitrogens with one attached hydrogen (secondary N) is 1. The van der Waals surface area contributed by atoms with Crippen LogP contribution in [0.15, 0.2) is 42.5 Å². The highest BCUT2D eigenvalue weighted by atomic mass is 35.5. The van der Waals surface area contributed by atoms with Crippen LogP contribution in [0.5, 0.6) is 0 Å². The van der Waals surface area contributed by atoms with Gasteiger partial charge in [-0.2, -0.15) is 0 Å². The zero-order chi connectivity index (χ0) is 24.5. The first-order valence-corrected chi connectivity index (χ1v) is 12.4. The molecule has 1 N–H and O–H groups in total. The number of nitro benzene ring substituents is 1. The summed E-state index contributed by atoms with van der Waals surface area (Å²) in [5, 5.41) is 14.5. The summed E-state index contributed by atoms with van der Waals surface area (Å²) in [4.78, 5) is 37.7. The molecule has 0 saturated heterocycles. The summed E-state index contributed by atoms with van der Waals surface area (Å²) < 4.78 is 0.